The third kappa shape index (κ3) is 3.68. The predicted octanol–water partition coefficient (Wildman–Crippen LogP) is 0.750. The molecule has 2 rings (SSSR count). The second-order valence-electron chi connectivity index (χ2n) is 6.16. The van der Waals surface area contributed by atoms with E-state index in [2.05, 4.69) is 12.2 Å². The molecule has 0 radical (unpaired) electrons. The maximum Gasteiger partial charge on any atom is 0.281 e. The van der Waals surface area contributed by atoms with Crippen molar-refractivity contribution in [1.82, 2.24) is 13.9 Å². The SMILES string of the molecule is CNCC1CCN(S(=O)(=O)N(C)CC2CC2C)CC1. The van der Waals surface area contributed by atoms with Crippen LogP contribution in [0.3, 0.4) is 0 Å². The molecule has 2 unspecified atom stereocenters. The molecule has 1 saturated carbocycles. The minimum absolute atomic E-state index is 0.571. The van der Waals surface area contributed by atoms with Crippen LogP contribution in [0.4, 0.5) is 0 Å². The largest absolute Gasteiger partial charge is 0.319 e. The Morgan fingerprint density at radius 1 is 1.32 bits per heavy atom. The van der Waals surface area contributed by atoms with Crippen LogP contribution < -0.4 is 5.32 Å². The van der Waals surface area contributed by atoms with Gasteiger partial charge in [0.1, 0.15) is 0 Å². The van der Waals surface area contributed by atoms with Gasteiger partial charge in [-0.15, -0.1) is 0 Å². The quantitative estimate of drug-likeness (QED) is 0.785. The summed E-state index contributed by atoms with van der Waals surface area (Å²) in [5.74, 6) is 1.88. The van der Waals surface area contributed by atoms with Crippen molar-refractivity contribution in [2.75, 3.05) is 40.3 Å². The Morgan fingerprint density at radius 2 is 1.89 bits per heavy atom. The van der Waals surface area contributed by atoms with Gasteiger partial charge >= 0.3 is 0 Å². The van der Waals surface area contributed by atoms with Crippen molar-refractivity contribution in [3.63, 3.8) is 0 Å². The van der Waals surface area contributed by atoms with Crippen LogP contribution in [0.25, 0.3) is 0 Å². The predicted molar refractivity (Wildman–Crippen MR) is 77.0 cm³/mol. The van der Waals surface area contributed by atoms with Crippen LogP contribution >= 0.6 is 0 Å². The molecule has 2 fully saturated rings. The molecule has 6 heteroatoms. The molecule has 1 aliphatic carbocycles. The van der Waals surface area contributed by atoms with E-state index in [0.717, 1.165) is 19.4 Å². The molecular formula is C13H27N3O2S. The van der Waals surface area contributed by atoms with E-state index in [1.54, 1.807) is 15.7 Å². The molecule has 0 amide bonds. The van der Waals surface area contributed by atoms with E-state index < -0.39 is 10.2 Å². The molecule has 19 heavy (non-hydrogen) atoms. The van der Waals surface area contributed by atoms with Gasteiger partial charge in [-0.3, -0.25) is 0 Å². The van der Waals surface area contributed by atoms with Gasteiger partial charge in [0.05, 0.1) is 0 Å². The lowest BCUT2D eigenvalue weighted by molar-refractivity contribution is 0.255. The van der Waals surface area contributed by atoms with E-state index >= 15 is 0 Å². The van der Waals surface area contributed by atoms with Gasteiger partial charge in [0, 0.05) is 26.7 Å². The van der Waals surface area contributed by atoms with Gasteiger partial charge in [0.2, 0.25) is 0 Å². The van der Waals surface area contributed by atoms with Crippen LogP contribution in [0.5, 0.6) is 0 Å². The zero-order valence-corrected chi connectivity index (χ0v) is 13.1. The third-order valence-corrected chi connectivity index (χ3v) is 6.51. The molecule has 1 saturated heterocycles. The summed E-state index contributed by atoms with van der Waals surface area (Å²) in [6, 6.07) is 0. The summed E-state index contributed by atoms with van der Waals surface area (Å²) in [5.41, 5.74) is 0. The van der Waals surface area contributed by atoms with Crippen molar-refractivity contribution in [3.05, 3.63) is 0 Å². The molecule has 1 heterocycles. The molecule has 1 aliphatic heterocycles. The Hall–Kier alpha value is -0.170. The second kappa shape index (κ2) is 6.08. The topological polar surface area (TPSA) is 52.7 Å². The van der Waals surface area contributed by atoms with Gasteiger partial charge < -0.3 is 5.32 Å². The van der Waals surface area contributed by atoms with Crippen LogP contribution in [0, 0.1) is 17.8 Å². The fraction of sp³-hybridized carbons (Fsp3) is 1.00. The molecular weight excluding hydrogens is 262 g/mol. The van der Waals surface area contributed by atoms with Gasteiger partial charge in [-0.2, -0.15) is 17.0 Å². The van der Waals surface area contributed by atoms with Gasteiger partial charge in [-0.1, -0.05) is 6.92 Å². The number of hydrogen-bond donors (Lipinski definition) is 1. The first-order valence-corrected chi connectivity index (χ1v) is 8.71. The van der Waals surface area contributed by atoms with Crippen LogP contribution in [-0.4, -0.2) is 57.3 Å². The Labute approximate surface area is 117 Å². The standard InChI is InChI=1S/C13H27N3O2S/c1-11-8-13(11)10-15(3)19(17,18)16-6-4-12(5-7-16)9-14-2/h11-14H,4-10H2,1-3H3. The molecule has 2 atom stereocenters. The molecule has 0 aromatic heterocycles. The van der Waals surface area contributed by atoms with Gasteiger partial charge in [-0.25, -0.2) is 0 Å². The lowest BCUT2D eigenvalue weighted by Crippen LogP contribution is -2.47. The van der Waals surface area contributed by atoms with Gasteiger partial charge in [-0.05, 0) is 50.6 Å². The van der Waals surface area contributed by atoms with Gasteiger partial charge in [0.15, 0.2) is 0 Å². The highest BCUT2D eigenvalue weighted by atomic mass is 32.2. The smallest absolute Gasteiger partial charge is 0.281 e. The van der Waals surface area contributed by atoms with E-state index in [0.29, 0.717) is 37.4 Å². The van der Waals surface area contributed by atoms with E-state index in [4.69, 9.17) is 0 Å². The molecule has 0 bridgehead atoms. The number of nitrogens with one attached hydrogen (secondary N) is 1. The van der Waals surface area contributed by atoms with Crippen molar-refractivity contribution < 1.29 is 8.42 Å². The molecule has 2 aliphatic rings. The minimum Gasteiger partial charge on any atom is -0.319 e. The molecule has 0 aromatic rings. The summed E-state index contributed by atoms with van der Waals surface area (Å²) in [5, 5.41) is 3.17. The second-order valence-corrected chi connectivity index (χ2v) is 8.20. The third-order valence-electron chi connectivity index (χ3n) is 4.55. The Kier molecular flexibility index (Phi) is 4.87. The zero-order valence-electron chi connectivity index (χ0n) is 12.3. The number of piperidine rings is 1. The average molecular weight is 289 g/mol. The molecule has 0 aromatic carbocycles. The molecule has 1 N–H and O–H groups in total. The fourth-order valence-corrected chi connectivity index (χ4v) is 4.35. The van der Waals surface area contributed by atoms with Crippen molar-refractivity contribution in [3.8, 4) is 0 Å². The normalized spacial score (nSPS) is 29.9. The minimum atomic E-state index is -3.23. The van der Waals surface area contributed by atoms with Crippen LogP contribution in [0.15, 0.2) is 0 Å². The number of nitrogens with zero attached hydrogens (tertiary/aromatic N) is 2. The highest BCUT2D eigenvalue weighted by Gasteiger charge is 2.38. The lowest BCUT2D eigenvalue weighted by Gasteiger charge is -2.33. The summed E-state index contributed by atoms with van der Waals surface area (Å²) >= 11 is 0. The Bertz CT molecular complexity index is 391. The van der Waals surface area contributed by atoms with E-state index in [1.807, 2.05) is 7.05 Å². The summed E-state index contributed by atoms with van der Waals surface area (Å²) in [6.07, 6.45) is 3.10. The first kappa shape index (κ1) is 15.2. The van der Waals surface area contributed by atoms with Crippen LogP contribution in [0.2, 0.25) is 0 Å². The number of rotatable bonds is 6. The summed E-state index contributed by atoms with van der Waals surface area (Å²) in [6.45, 7) is 5.19. The van der Waals surface area contributed by atoms with E-state index in [1.165, 1.54) is 6.42 Å². The van der Waals surface area contributed by atoms with Crippen molar-refractivity contribution in [1.29, 1.82) is 0 Å². The lowest BCUT2D eigenvalue weighted by atomic mass is 9.98. The molecule has 0 spiro atoms. The van der Waals surface area contributed by atoms with Crippen molar-refractivity contribution in [2.24, 2.45) is 17.8 Å². The zero-order chi connectivity index (χ0) is 14.0. The first-order chi connectivity index (χ1) is 8.95. The summed E-state index contributed by atoms with van der Waals surface area (Å²) in [4.78, 5) is 0. The van der Waals surface area contributed by atoms with E-state index in [9.17, 15) is 8.42 Å². The van der Waals surface area contributed by atoms with E-state index in [-0.39, 0.29) is 0 Å². The summed E-state index contributed by atoms with van der Waals surface area (Å²) < 4.78 is 28.1. The summed E-state index contributed by atoms with van der Waals surface area (Å²) in [7, 11) is 0.442. The molecule has 112 valence electrons. The Morgan fingerprint density at radius 3 is 2.37 bits per heavy atom. The van der Waals surface area contributed by atoms with Crippen molar-refractivity contribution in [2.45, 2.75) is 26.2 Å². The number of hydrogen-bond acceptors (Lipinski definition) is 3. The highest BCUT2D eigenvalue weighted by Crippen LogP contribution is 2.38. The Balaban J connectivity index is 1.86. The monoisotopic (exact) mass is 289 g/mol. The molecule has 5 nitrogen and oxygen atoms in total. The maximum absolute atomic E-state index is 12.5. The highest BCUT2D eigenvalue weighted by molar-refractivity contribution is 7.86. The van der Waals surface area contributed by atoms with Crippen molar-refractivity contribution >= 4 is 10.2 Å². The first-order valence-electron chi connectivity index (χ1n) is 7.31. The van der Waals surface area contributed by atoms with Crippen LogP contribution in [-0.2, 0) is 10.2 Å². The van der Waals surface area contributed by atoms with Crippen LogP contribution in [0.1, 0.15) is 26.2 Å². The van der Waals surface area contributed by atoms with Gasteiger partial charge in [0.25, 0.3) is 10.2 Å². The average Bonchev–Trinajstić information content (AvgIpc) is 3.06. The fourth-order valence-electron chi connectivity index (χ4n) is 2.91. The maximum atomic E-state index is 12.5.